The molecule has 0 bridgehead atoms. The van der Waals surface area contributed by atoms with Crippen molar-refractivity contribution < 1.29 is 9.84 Å². The third-order valence-corrected chi connectivity index (χ3v) is 2.22. The molecule has 0 rings (SSSR count). The molecule has 0 aliphatic carbocycles. The Balaban J connectivity index is 3.34. The van der Waals surface area contributed by atoms with Gasteiger partial charge < -0.3 is 9.84 Å². The lowest BCUT2D eigenvalue weighted by Crippen LogP contribution is -2.16. The van der Waals surface area contributed by atoms with E-state index in [1.165, 1.54) is 6.42 Å². The van der Waals surface area contributed by atoms with Crippen LogP contribution < -0.4 is 0 Å². The van der Waals surface area contributed by atoms with Gasteiger partial charge in [0, 0.05) is 7.11 Å². The highest BCUT2D eigenvalue weighted by Crippen LogP contribution is 2.12. The van der Waals surface area contributed by atoms with Crippen LogP contribution >= 0.6 is 0 Å². The summed E-state index contributed by atoms with van der Waals surface area (Å²) >= 11 is 0. The molecule has 0 amide bonds. The molecule has 0 aromatic rings. The van der Waals surface area contributed by atoms with Gasteiger partial charge in [-0.2, -0.15) is 0 Å². The van der Waals surface area contributed by atoms with E-state index in [4.69, 9.17) is 9.84 Å². The highest BCUT2D eigenvalue weighted by Gasteiger charge is 2.07. The predicted molar refractivity (Wildman–Crippen MR) is 46.6 cm³/mol. The minimum atomic E-state index is 0.0454. The first-order valence-corrected chi connectivity index (χ1v) is 4.38. The van der Waals surface area contributed by atoms with E-state index in [1.54, 1.807) is 7.11 Å². The van der Waals surface area contributed by atoms with Crippen LogP contribution in [-0.2, 0) is 4.74 Å². The zero-order valence-electron chi connectivity index (χ0n) is 7.84. The number of rotatable bonds is 6. The lowest BCUT2D eigenvalue weighted by atomic mass is 10.0. The first kappa shape index (κ1) is 10.9. The highest BCUT2D eigenvalue weighted by atomic mass is 16.5. The third-order valence-electron chi connectivity index (χ3n) is 2.22. The number of aliphatic hydroxyl groups is 1. The molecule has 0 heterocycles. The second-order valence-electron chi connectivity index (χ2n) is 3.13. The molecule has 2 nitrogen and oxygen atoms in total. The average Bonchev–Trinajstić information content (AvgIpc) is 2.06. The molecule has 11 heavy (non-hydrogen) atoms. The van der Waals surface area contributed by atoms with Crippen LogP contribution in [0.1, 0.15) is 33.1 Å². The van der Waals surface area contributed by atoms with Crippen LogP contribution in [0.5, 0.6) is 0 Å². The molecular weight excluding hydrogens is 140 g/mol. The lowest BCUT2D eigenvalue weighted by Gasteiger charge is -2.14. The summed E-state index contributed by atoms with van der Waals surface area (Å²) in [5, 5.41) is 8.79. The van der Waals surface area contributed by atoms with E-state index < -0.39 is 0 Å². The van der Waals surface area contributed by atoms with Crippen molar-refractivity contribution in [2.24, 2.45) is 5.92 Å². The third kappa shape index (κ3) is 5.22. The van der Waals surface area contributed by atoms with Crippen molar-refractivity contribution in [3.05, 3.63) is 0 Å². The van der Waals surface area contributed by atoms with Crippen LogP contribution in [0.15, 0.2) is 0 Å². The Bertz CT molecular complexity index is 79.6. The summed E-state index contributed by atoms with van der Waals surface area (Å²) in [5.74, 6) is 0.749. The van der Waals surface area contributed by atoms with E-state index in [9.17, 15) is 0 Å². The van der Waals surface area contributed by atoms with Gasteiger partial charge in [-0.1, -0.05) is 20.3 Å². The van der Waals surface area contributed by atoms with Gasteiger partial charge in [-0.3, -0.25) is 0 Å². The SMILES string of the molecule is CCC(C)CCC(CO)OC. The summed E-state index contributed by atoms with van der Waals surface area (Å²) in [4.78, 5) is 0. The summed E-state index contributed by atoms with van der Waals surface area (Å²) in [5.41, 5.74) is 0. The molecule has 0 radical (unpaired) electrons. The number of hydrogen-bond donors (Lipinski definition) is 1. The van der Waals surface area contributed by atoms with Crippen molar-refractivity contribution in [2.75, 3.05) is 13.7 Å². The number of aliphatic hydroxyl groups excluding tert-OH is 1. The van der Waals surface area contributed by atoms with Crippen molar-refractivity contribution in [1.29, 1.82) is 0 Å². The summed E-state index contributed by atoms with van der Waals surface area (Å²) in [7, 11) is 1.65. The molecule has 0 fully saturated rings. The van der Waals surface area contributed by atoms with Gasteiger partial charge in [0.1, 0.15) is 0 Å². The number of ether oxygens (including phenoxy) is 1. The molecule has 0 aromatic carbocycles. The first-order chi connectivity index (χ1) is 5.24. The van der Waals surface area contributed by atoms with Crippen molar-refractivity contribution in [3.63, 3.8) is 0 Å². The fraction of sp³-hybridized carbons (Fsp3) is 1.00. The summed E-state index contributed by atoms with van der Waals surface area (Å²) in [6, 6.07) is 0. The quantitative estimate of drug-likeness (QED) is 0.642. The van der Waals surface area contributed by atoms with Gasteiger partial charge in [-0.15, -0.1) is 0 Å². The molecule has 2 atom stereocenters. The molecule has 0 aliphatic rings. The molecule has 0 aliphatic heterocycles. The average molecular weight is 160 g/mol. The molecule has 2 unspecified atom stereocenters. The fourth-order valence-electron chi connectivity index (χ4n) is 0.958. The van der Waals surface area contributed by atoms with E-state index in [1.807, 2.05) is 0 Å². The van der Waals surface area contributed by atoms with Gasteiger partial charge in [0.2, 0.25) is 0 Å². The van der Waals surface area contributed by atoms with E-state index in [0.717, 1.165) is 18.8 Å². The number of hydrogen-bond acceptors (Lipinski definition) is 2. The lowest BCUT2D eigenvalue weighted by molar-refractivity contribution is 0.0392. The Hall–Kier alpha value is -0.0800. The predicted octanol–water partition coefficient (Wildman–Crippen LogP) is 1.82. The largest absolute Gasteiger partial charge is 0.394 e. The summed E-state index contributed by atoms with van der Waals surface area (Å²) in [6.07, 6.45) is 3.38. The van der Waals surface area contributed by atoms with Crippen LogP contribution in [0, 0.1) is 5.92 Å². The molecule has 68 valence electrons. The second-order valence-corrected chi connectivity index (χ2v) is 3.13. The zero-order valence-corrected chi connectivity index (χ0v) is 7.84. The van der Waals surface area contributed by atoms with E-state index in [2.05, 4.69) is 13.8 Å². The summed E-state index contributed by atoms with van der Waals surface area (Å²) < 4.78 is 5.04. The molecule has 0 saturated heterocycles. The maximum Gasteiger partial charge on any atom is 0.0802 e. The standard InChI is InChI=1S/C9H20O2/c1-4-8(2)5-6-9(7-10)11-3/h8-10H,4-7H2,1-3H3. The van der Waals surface area contributed by atoms with Crippen molar-refractivity contribution in [3.8, 4) is 0 Å². The van der Waals surface area contributed by atoms with Crippen LogP contribution in [0.4, 0.5) is 0 Å². The monoisotopic (exact) mass is 160 g/mol. The minimum Gasteiger partial charge on any atom is -0.394 e. The summed E-state index contributed by atoms with van der Waals surface area (Å²) in [6.45, 7) is 4.56. The van der Waals surface area contributed by atoms with E-state index >= 15 is 0 Å². The highest BCUT2D eigenvalue weighted by molar-refractivity contribution is 4.58. The van der Waals surface area contributed by atoms with Gasteiger partial charge in [0.15, 0.2) is 0 Å². The Labute approximate surface area is 69.6 Å². The Morgan fingerprint density at radius 1 is 1.36 bits per heavy atom. The maximum absolute atomic E-state index is 8.79. The van der Waals surface area contributed by atoms with E-state index in [0.29, 0.717) is 0 Å². The Morgan fingerprint density at radius 3 is 2.36 bits per heavy atom. The van der Waals surface area contributed by atoms with Gasteiger partial charge in [-0.25, -0.2) is 0 Å². The molecular formula is C9H20O2. The fourth-order valence-corrected chi connectivity index (χ4v) is 0.958. The van der Waals surface area contributed by atoms with Crippen LogP contribution in [0.3, 0.4) is 0 Å². The maximum atomic E-state index is 8.79. The Morgan fingerprint density at radius 2 is 2.00 bits per heavy atom. The van der Waals surface area contributed by atoms with Gasteiger partial charge in [-0.05, 0) is 18.8 Å². The second kappa shape index (κ2) is 6.62. The topological polar surface area (TPSA) is 29.5 Å². The van der Waals surface area contributed by atoms with Crippen LogP contribution in [0.25, 0.3) is 0 Å². The Kier molecular flexibility index (Phi) is 6.57. The first-order valence-electron chi connectivity index (χ1n) is 4.38. The smallest absolute Gasteiger partial charge is 0.0802 e. The molecule has 2 heteroatoms. The zero-order chi connectivity index (χ0) is 8.69. The molecule has 0 aromatic heterocycles. The minimum absolute atomic E-state index is 0.0454. The van der Waals surface area contributed by atoms with Gasteiger partial charge in [0.05, 0.1) is 12.7 Å². The van der Waals surface area contributed by atoms with Crippen LogP contribution in [0.2, 0.25) is 0 Å². The van der Waals surface area contributed by atoms with E-state index in [-0.39, 0.29) is 12.7 Å². The van der Waals surface area contributed by atoms with Gasteiger partial charge >= 0.3 is 0 Å². The van der Waals surface area contributed by atoms with Crippen molar-refractivity contribution in [1.82, 2.24) is 0 Å². The van der Waals surface area contributed by atoms with Crippen LogP contribution in [-0.4, -0.2) is 24.9 Å². The van der Waals surface area contributed by atoms with Crippen molar-refractivity contribution >= 4 is 0 Å². The molecule has 0 spiro atoms. The van der Waals surface area contributed by atoms with Gasteiger partial charge in [0.25, 0.3) is 0 Å². The van der Waals surface area contributed by atoms with Crippen molar-refractivity contribution in [2.45, 2.75) is 39.2 Å². The molecule has 1 N–H and O–H groups in total. The normalized spacial score (nSPS) is 16.4. The number of methoxy groups -OCH3 is 1. The molecule has 0 saturated carbocycles.